The Hall–Kier alpha value is -0.830. The number of likely N-dealkylation sites (N-methyl/N-ethyl adjacent to an activating group) is 1. The monoisotopic (exact) mass is 184 g/mol. The van der Waals surface area contributed by atoms with Crippen LogP contribution in [0, 0.1) is 0 Å². The molecule has 2 unspecified atom stereocenters. The molecular formula is C10H20N2O. The Bertz CT molecular complexity index is 168. The van der Waals surface area contributed by atoms with Gasteiger partial charge in [0.2, 0.25) is 5.91 Å². The second-order valence-corrected chi connectivity index (χ2v) is 3.21. The molecule has 2 atom stereocenters. The van der Waals surface area contributed by atoms with Crippen molar-refractivity contribution in [3.05, 3.63) is 12.7 Å². The lowest BCUT2D eigenvalue weighted by atomic mass is 10.2. The molecule has 0 aromatic rings. The summed E-state index contributed by atoms with van der Waals surface area (Å²) in [5.74, 6) is 0.0541. The minimum atomic E-state index is -0.130. The van der Waals surface area contributed by atoms with Crippen molar-refractivity contribution < 1.29 is 4.79 Å². The first-order valence-corrected chi connectivity index (χ1v) is 4.76. The summed E-state index contributed by atoms with van der Waals surface area (Å²) in [5.41, 5.74) is 0. The lowest BCUT2D eigenvalue weighted by molar-refractivity contribution is -0.122. The van der Waals surface area contributed by atoms with Gasteiger partial charge in [0.25, 0.3) is 0 Å². The molecule has 0 aromatic carbocycles. The molecule has 0 saturated carbocycles. The van der Waals surface area contributed by atoms with E-state index in [0.29, 0.717) is 12.6 Å². The molecule has 0 aliphatic rings. The molecule has 0 spiro atoms. The van der Waals surface area contributed by atoms with Crippen molar-refractivity contribution in [3.8, 4) is 0 Å². The van der Waals surface area contributed by atoms with Crippen LogP contribution in [0.15, 0.2) is 12.7 Å². The molecular weight excluding hydrogens is 164 g/mol. The van der Waals surface area contributed by atoms with Crippen LogP contribution in [0.4, 0.5) is 0 Å². The molecule has 3 nitrogen and oxygen atoms in total. The topological polar surface area (TPSA) is 41.1 Å². The summed E-state index contributed by atoms with van der Waals surface area (Å²) >= 11 is 0. The van der Waals surface area contributed by atoms with E-state index in [1.807, 2.05) is 26.8 Å². The Morgan fingerprint density at radius 1 is 1.54 bits per heavy atom. The zero-order valence-electron chi connectivity index (χ0n) is 8.76. The summed E-state index contributed by atoms with van der Waals surface area (Å²) in [6.45, 7) is 10.1. The van der Waals surface area contributed by atoms with Crippen LogP contribution >= 0.6 is 0 Å². The number of amides is 1. The fraction of sp³-hybridized carbons (Fsp3) is 0.700. The molecule has 1 amide bonds. The van der Waals surface area contributed by atoms with Crippen molar-refractivity contribution in [2.75, 3.05) is 6.54 Å². The van der Waals surface area contributed by atoms with Crippen molar-refractivity contribution in [2.24, 2.45) is 0 Å². The van der Waals surface area contributed by atoms with E-state index in [1.54, 1.807) is 0 Å². The largest absolute Gasteiger partial charge is 0.355 e. The minimum absolute atomic E-state index is 0.0541. The average Bonchev–Trinajstić information content (AvgIpc) is 2.05. The highest BCUT2D eigenvalue weighted by atomic mass is 16.2. The third-order valence-electron chi connectivity index (χ3n) is 1.80. The summed E-state index contributed by atoms with van der Waals surface area (Å²) < 4.78 is 0. The summed E-state index contributed by atoms with van der Waals surface area (Å²) in [7, 11) is 0. The van der Waals surface area contributed by atoms with Gasteiger partial charge >= 0.3 is 0 Å². The van der Waals surface area contributed by atoms with Crippen LogP contribution in [0.5, 0.6) is 0 Å². The Morgan fingerprint density at radius 3 is 2.62 bits per heavy atom. The SMILES string of the molecule is C=CCC(C)NC(C)C(=O)NCC. The molecule has 0 aliphatic carbocycles. The maximum atomic E-state index is 11.3. The van der Waals surface area contributed by atoms with Gasteiger partial charge in [-0.25, -0.2) is 0 Å². The molecule has 0 rings (SSSR count). The summed E-state index contributed by atoms with van der Waals surface area (Å²) in [4.78, 5) is 11.3. The Morgan fingerprint density at radius 2 is 2.15 bits per heavy atom. The fourth-order valence-corrected chi connectivity index (χ4v) is 1.15. The smallest absolute Gasteiger partial charge is 0.236 e. The second-order valence-electron chi connectivity index (χ2n) is 3.21. The van der Waals surface area contributed by atoms with E-state index in [4.69, 9.17) is 0 Å². The van der Waals surface area contributed by atoms with Gasteiger partial charge in [-0.3, -0.25) is 4.79 Å². The lowest BCUT2D eigenvalue weighted by Crippen LogP contribution is -2.45. The molecule has 0 saturated heterocycles. The predicted octanol–water partition coefficient (Wildman–Crippen LogP) is 1.07. The van der Waals surface area contributed by atoms with Gasteiger partial charge in [0.15, 0.2) is 0 Å². The van der Waals surface area contributed by atoms with Crippen LogP contribution in [0.1, 0.15) is 27.2 Å². The van der Waals surface area contributed by atoms with Crippen LogP contribution < -0.4 is 10.6 Å². The third-order valence-corrected chi connectivity index (χ3v) is 1.80. The predicted molar refractivity (Wildman–Crippen MR) is 55.6 cm³/mol. The van der Waals surface area contributed by atoms with Gasteiger partial charge in [0.05, 0.1) is 6.04 Å². The van der Waals surface area contributed by atoms with Gasteiger partial charge in [-0.1, -0.05) is 6.08 Å². The first-order chi connectivity index (χ1) is 6.11. The highest BCUT2D eigenvalue weighted by molar-refractivity contribution is 5.81. The maximum Gasteiger partial charge on any atom is 0.236 e. The number of nitrogens with one attached hydrogen (secondary N) is 2. The summed E-state index contributed by atoms with van der Waals surface area (Å²) in [6, 6.07) is 0.171. The Labute approximate surface area is 80.6 Å². The molecule has 0 bridgehead atoms. The molecule has 2 N–H and O–H groups in total. The van der Waals surface area contributed by atoms with Gasteiger partial charge in [0, 0.05) is 12.6 Å². The molecule has 76 valence electrons. The Balaban J connectivity index is 3.77. The first kappa shape index (κ1) is 12.2. The second kappa shape index (κ2) is 6.66. The van der Waals surface area contributed by atoms with Gasteiger partial charge in [-0.2, -0.15) is 0 Å². The van der Waals surface area contributed by atoms with Crippen LogP contribution in [0.25, 0.3) is 0 Å². The molecule has 13 heavy (non-hydrogen) atoms. The number of carbonyl (C=O) groups excluding carboxylic acids is 1. The van der Waals surface area contributed by atoms with Crippen LogP contribution in [-0.4, -0.2) is 24.5 Å². The highest BCUT2D eigenvalue weighted by Gasteiger charge is 2.12. The van der Waals surface area contributed by atoms with Crippen molar-refractivity contribution in [2.45, 2.75) is 39.3 Å². The highest BCUT2D eigenvalue weighted by Crippen LogP contribution is 1.93. The zero-order chi connectivity index (χ0) is 10.3. The van der Waals surface area contributed by atoms with E-state index >= 15 is 0 Å². The van der Waals surface area contributed by atoms with Crippen LogP contribution in [-0.2, 0) is 4.79 Å². The standard InChI is InChI=1S/C10H20N2O/c1-5-7-8(3)12-9(4)10(13)11-6-2/h5,8-9,12H,1,6-7H2,2-4H3,(H,11,13). The van der Waals surface area contributed by atoms with Crippen molar-refractivity contribution in [3.63, 3.8) is 0 Å². The van der Waals surface area contributed by atoms with E-state index in [1.165, 1.54) is 0 Å². The van der Waals surface area contributed by atoms with Gasteiger partial charge < -0.3 is 10.6 Å². The molecule has 0 fully saturated rings. The van der Waals surface area contributed by atoms with E-state index in [0.717, 1.165) is 6.42 Å². The number of rotatable bonds is 6. The van der Waals surface area contributed by atoms with Crippen LogP contribution in [0.2, 0.25) is 0 Å². The zero-order valence-corrected chi connectivity index (χ0v) is 8.76. The first-order valence-electron chi connectivity index (χ1n) is 4.76. The fourth-order valence-electron chi connectivity index (χ4n) is 1.15. The third kappa shape index (κ3) is 5.42. The number of carbonyl (C=O) groups is 1. The minimum Gasteiger partial charge on any atom is -0.355 e. The quantitative estimate of drug-likeness (QED) is 0.606. The Kier molecular flexibility index (Phi) is 6.24. The maximum absolute atomic E-state index is 11.3. The van der Waals surface area contributed by atoms with E-state index in [-0.39, 0.29) is 11.9 Å². The normalized spacial score (nSPS) is 14.7. The number of hydrogen-bond acceptors (Lipinski definition) is 2. The molecule has 0 heterocycles. The van der Waals surface area contributed by atoms with Crippen molar-refractivity contribution in [1.82, 2.24) is 10.6 Å². The van der Waals surface area contributed by atoms with Gasteiger partial charge in [-0.05, 0) is 27.2 Å². The van der Waals surface area contributed by atoms with Crippen molar-refractivity contribution in [1.29, 1.82) is 0 Å². The van der Waals surface area contributed by atoms with Gasteiger partial charge in [-0.15, -0.1) is 6.58 Å². The van der Waals surface area contributed by atoms with Crippen molar-refractivity contribution >= 4 is 5.91 Å². The summed E-state index contributed by atoms with van der Waals surface area (Å²) in [5, 5.41) is 5.95. The van der Waals surface area contributed by atoms with E-state index < -0.39 is 0 Å². The lowest BCUT2D eigenvalue weighted by Gasteiger charge is -2.17. The molecule has 3 heteroatoms. The molecule has 0 radical (unpaired) electrons. The number of hydrogen-bond donors (Lipinski definition) is 2. The summed E-state index contributed by atoms with van der Waals surface area (Å²) in [6.07, 6.45) is 2.73. The average molecular weight is 184 g/mol. The van der Waals surface area contributed by atoms with E-state index in [9.17, 15) is 4.79 Å². The van der Waals surface area contributed by atoms with Gasteiger partial charge in [0.1, 0.15) is 0 Å². The molecule has 0 aliphatic heterocycles. The van der Waals surface area contributed by atoms with Crippen LogP contribution in [0.3, 0.4) is 0 Å². The van der Waals surface area contributed by atoms with E-state index in [2.05, 4.69) is 17.2 Å². The molecule has 0 aromatic heterocycles.